The monoisotopic (exact) mass is 465 g/mol. The van der Waals surface area contributed by atoms with Gasteiger partial charge in [-0.25, -0.2) is 4.79 Å². The number of alkyl carbamates (subject to hydrolysis) is 1. The van der Waals surface area contributed by atoms with E-state index in [0.717, 1.165) is 11.1 Å². The van der Waals surface area contributed by atoms with Crippen molar-refractivity contribution in [2.24, 2.45) is 0 Å². The van der Waals surface area contributed by atoms with Crippen molar-refractivity contribution >= 4 is 18.0 Å². The molecule has 0 unspecified atom stereocenters. The SMILES string of the molecule is CC[C@@H](CC(=O)N1CCN(CC(=O)O)CC1)NC(=O)OCC1c2ccccc2-c2ccccc21. The maximum Gasteiger partial charge on any atom is 0.407 e. The van der Waals surface area contributed by atoms with Crippen LogP contribution in [0.25, 0.3) is 11.1 Å². The number of fused-ring (bicyclic) bond motifs is 3. The predicted molar refractivity (Wildman–Crippen MR) is 128 cm³/mol. The normalized spacial score (nSPS) is 16.4. The van der Waals surface area contributed by atoms with E-state index in [1.165, 1.54) is 11.1 Å². The Morgan fingerprint density at radius 1 is 1.00 bits per heavy atom. The van der Waals surface area contributed by atoms with Crippen LogP contribution < -0.4 is 5.32 Å². The standard InChI is InChI=1S/C26H31N3O5/c1-2-18(15-24(30)29-13-11-28(12-14-29)16-25(31)32)27-26(33)34-17-23-21-9-5-3-7-19(21)20-8-4-6-10-22(20)23/h3-10,18,23H,2,11-17H2,1H3,(H,27,33)(H,31,32)/t18-/m0/s1. The van der Waals surface area contributed by atoms with Gasteiger partial charge in [0.2, 0.25) is 5.91 Å². The second kappa shape index (κ2) is 10.7. The number of piperazine rings is 1. The lowest BCUT2D eigenvalue weighted by atomic mass is 9.98. The number of rotatable bonds is 8. The van der Waals surface area contributed by atoms with Crippen LogP contribution in [0.2, 0.25) is 0 Å². The van der Waals surface area contributed by atoms with Gasteiger partial charge in [-0.05, 0) is 28.7 Å². The first-order valence-corrected chi connectivity index (χ1v) is 11.8. The fourth-order valence-corrected chi connectivity index (χ4v) is 4.79. The Morgan fingerprint density at radius 3 is 2.15 bits per heavy atom. The summed E-state index contributed by atoms with van der Waals surface area (Å²) >= 11 is 0. The van der Waals surface area contributed by atoms with Crippen LogP contribution in [0, 0.1) is 0 Å². The molecule has 2 aromatic rings. The maximum absolute atomic E-state index is 12.7. The number of carbonyl (C=O) groups is 3. The Morgan fingerprint density at radius 2 is 1.59 bits per heavy atom. The molecule has 8 nitrogen and oxygen atoms in total. The summed E-state index contributed by atoms with van der Waals surface area (Å²) in [4.78, 5) is 39.7. The van der Waals surface area contributed by atoms with Crippen molar-refractivity contribution < 1.29 is 24.2 Å². The zero-order chi connectivity index (χ0) is 24.1. The second-order valence-corrected chi connectivity index (χ2v) is 8.83. The highest BCUT2D eigenvalue weighted by atomic mass is 16.5. The molecule has 1 aliphatic heterocycles. The first-order valence-electron chi connectivity index (χ1n) is 11.8. The van der Waals surface area contributed by atoms with E-state index >= 15 is 0 Å². The summed E-state index contributed by atoms with van der Waals surface area (Å²) in [7, 11) is 0. The van der Waals surface area contributed by atoms with Gasteiger partial charge in [0.15, 0.2) is 0 Å². The van der Waals surface area contributed by atoms with Crippen LogP contribution in [0.1, 0.15) is 36.8 Å². The Labute approximate surface area is 199 Å². The van der Waals surface area contributed by atoms with Gasteiger partial charge in [0, 0.05) is 44.6 Å². The number of amides is 2. The van der Waals surface area contributed by atoms with Crippen molar-refractivity contribution in [1.29, 1.82) is 0 Å². The van der Waals surface area contributed by atoms with Gasteiger partial charge < -0.3 is 20.1 Å². The molecule has 2 N–H and O–H groups in total. The van der Waals surface area contributed by atoms with Crippen molar-refractivity contribution in [3.63, 3.8) is 0 Å². The molecular weight excluding hydrogens is 434 g/mol. The third-order valence-electron chi connectivity index (χ3n) is 6.66. The number of hydrogen-bond donors (Lipinski definition) is 2. The Balaban J connectivity index is 1.28. The van der Waals surface area contributed by atoms with E-state index in [1.54, 1.807) is 4.90 Å². The average Bonchev–Trinajstić information content (AvgIpc) is 3.16. The number of carboxylic acids is 1. The minimum absolute atomic E-state index is 0.0110. The van der Waals surface area contributed by atoms with Gasteiger partial charge in [-0.2, -0.15) is 0 Å². The zero-order valence-corrected chi connectivity index (χ0v) is 19.4. The Kier molecular flexibility index (Phi) is 7.47. The van der Waals surface area contributed by atoms with Crippen molar-refractivity contribution in [2.75, 3.05) is 39.3 Å². The molecule has 4 rings (SSSR count). The number of carbonyl (C=O) groups excluding carboxylic acids is 2. The molecule has 0 bridgehead atoms. The largest absolute Gasteiger partial charge is 0.480 e. The van der Waals surface area contributed by atoms with Crippen LogP contribution in [0.3, 0.4) is 0 Å². The lowest BCUT2D eigenvalue weighted by Crippen LogP contribution is -2.51. The minimum Gasteiger partial charge on any atom is -0.480 e. The van der Waals surface area contributed by atoms with Crippen LogP contribution in [0.5, 0.6) is 0 Å². The van der Waals surface area contributed by atoms with Crippen molar-refractivity contribution in [1.82, 2.24) is 15.1 Å². The minimum atomic E-state index is -0.863. The molecule has 2 aromatic carbocycles. The Hall–Kier alpha value is -3.39. The quantitative estimate of drug-likeness (QED) is 0.622. The summed E-state index contributed by atoms with van der Waals surface area (Å²) in [5.41, 5.74) is 4.65. The molecule has 0 aromatic heterocycles. The number of nitrogens with zero attached hydrogens (tertiary/aromatic N) is 2. The highest BCUT2D eigenvalue weighted by Crippen LogP contribution is 2.44. The van der Waals surface area contributed by atoms with E-state index in [4.69, 9.17) is 9.84 Å². The molecule has 1 atom stereocenters. The van der Waals surface area contributed by atoms with E-state index in [9.17, 15) is 14.4 Å². The number of carboxylic acid groups (broad SMARTS) is 1. The summed E-state index contributed by atoms with van der Waals surface area (Å²) in [6, 6.07) is 16.0. The summed E-state index contributed by atoms with van der Waals surface area (Å²) in [5, 5.41) is 11.8. The molecule has 2 amide bonds. The molecule has 0 saturated carbocycles. The van der Waals surface area contributed by atoms with Crippen LogP contribution in [-0.2, 0) is 14.3 Å². The van der Waals surface area contributed by atoms with E-state index < -0.39 is 12.1 Å². The first kappa shape index (κ1) is 23.8. The topological polar surface area (TPSA) is 99.2 Å². The van der Waals surface area contributed by atoms with E-state index in [-0.39, 0.29) is 37.4 Å². The second-order valence-electron chi connectivity index (χ2n) is 8.83. The van der Waals surface area contributed by atoms with Gasteiger partial charge in [-0.3, -0.25) is 14.5 Å². The molecule has 0 radical (unpaired) electrons. The maximum atomic E-state index is 12.7. The summed E-state index contributed by atoms with van der Waals surface area (Å²) in [6.45, 7) is 4.20. The number of ether oxygens (including phenoxy) is 1. The highest BCUT2D eigenvalue weighted by Gasteiger charge is 2.30. The molecule has 1 fully saturated rings. The van der Waals surface area contributed by atoms with E-state index in [0.29, 0.717) is 32.6 Å². The Bertz CT molecular complexity index is 1000. The van der Waals surface area contributed by atoms with Crippen molar-refractivity contribution in [3.8, 4) is 11.1 Å². The highest BCUT2D eigenvalue weighted by molar-refractivity contribution is 5.80. The molecule has 1 aliphatic carbocycles. The number of hydrogen-bond acceptors (Lipinski definition) is 5. The molecule has 1 saturated heterocycles. The van der Waals surface area contributed by atoms with Crippen molar-refractivity contribution in [2.45, 2.75) is 31.7 Å². The summed E-state index contributed by atoms with van der Waals surface area (Å²) in [6.07, 6.45) is 0.280. The van der Waals surface area contributed by atoms with Gasteiger partial charge in [0.1, 0.15) is 6.61 Å². The van der Waals surface area contributed by atoms with Gasteiger partial charge in [0.05, 0.1) is 6.54 Å². The lowest BCUT2D eigenvalue weighted by Gasteiger charge is -2.34. The number of benzene rings is 2. The molecule has 2 aliphatic rings. The van der Waals surface area contributed by atoms with Crippen LogP contribution >= 0.6 is 0 Å². The molecule has 180 valence electrons. The van der Waals surface area contributed by atoms with Crippen LogP contribution in [0.15, 0.2) is 48.5 Å². The van der Waals surface area contributed by atoms with Crippen LogP contribution in [-0.4, -0.2) is 78.2 Å². The van der Waals surface area contributed by atoms with Crippen molar-refractivity contribution in [3.05, 3.63) is 59.7 Å². The molecule has 34 heavy (non-hydrogen) atoms. The fraction of sp³-hybridized carbons (Fsp3) is 0.423. The number of aliphatic carboxylic acids is 1. The van der Waals surface area contributed by atoms with Gasteiger partial charge >= 0.3 is 12.1 Å². The third-order valence-corrected chi connectivity index (χ3v) is 6.66. The summed E-state index contributed by atoms with van der Waals surface area (Å²) in [5.74, 6) is -0.916. The molecule has 1 heterocycles. The van der Waals surface area contributed by atoms with E-state index in [2.05, 4.69) is 29.6 Å². The van der Waals surface area contributed by atoms with Gasteiger partial charge in [-0.15, -0.1) is 0 Å². The lowest BCUT2D eigenvalue weighted by molar-refractivity contribution is -0.139. The van der Waals surface area contributed by atoms with Gasteiger partial charge in [-0.1, -0.05) is 55.5 Å². The predicted octanol–water partition coefficient (Wildman–Crippen LogP) is 2.92. The fourth-order valence-electron chi connectivity index (χ4n) is 4.79. The number of nitrogens with one attached hydrogen (secondary N) is 1. The van der Waals surface area contributed by atoms with Crippen LogP contribution in [0.4, 0.5) is 4.79 Å². The van der Waals surface area contributed by atoms with Gasteiger partial charge in [0.25, 0.3) is 0 Å². The molecule has 8 heteroatoms. The smallest absolute Gasteiger partial charge is 0.407 e. The molecule has 0 spiro atoms. The first-order chi connectivity index (χ1) is 16.5. The van der Waals surface area contributed by atoms with E-state index in [1.807, 2.05) is 36.1 Å². The third kappa shape index (κ3) is 5.39. The zero-order valence-electron chi connectivity index (χ0n) is 19.4. The average molecular weight is 466 g/mol. The summed E-state index contributed by atoms with van der Waals surface area (Å²) < 4.78 is 5.61. The molecular formula is C26H31N3O5.